The monoisotopic (exact) mass is 552 g/mol. The number of esters is 1. The van der Waals surface area contributed by atoms with Gasteiger partial charge in [0.2, 0.25) is 5.88 Å². The van der Waals surface area contributed by atoms with Crippen molar-refractivity contribution in [3.05, 3.63) is 130 Å². The number of fused-ring (bicyclic) bond motifs is 1. The van der Waals surface area contributed by atoms with Gasteiger partial charge in [-0.15, -0.1) is 0 Å². The highest BCUT2D eigenvalue weighted by atomic mass is 35.5. The minimum Gasteiger partial charge on any atom is -0.489 e. The van der Waals surface area contributed by atoms with E-state index in [0.717, 1.165) is 22.3 Å². The molecule has 1 unspecified atom stereocenters. The average molecular weight is 553 g/mol. The maximum atomic E-state index is 12.5. The maximum absolute atomic E-state index is 12.5. The molecule has 1 heterocycles. The molecule has 1 atom stereocenters. The van der Waals surface area contributed by atoms with Gasteiger partial charge in [0.1, 0.15) is 41.2 Å². The summed E-state index contributed by atoms with van der Waals surface area (Å²) in [5.41, 5.74) is 9.86. The lowest BCUT2D eigenvalue weighted by Gasteiger charge is -2.26. The van der Waals surface area contributed by atoms with Crippen molar-refractivity contribution in [3.63, 3.8) is 0 Å². The second kappa shape index (κ2) is 11.9. The molecule has 7 nitrogen and oxygen atoms in total. The van der Waals surface area contributed by atoms with E-state index < -0.39 is 11.9 Å². The van der Waals surface area contributed by atoms with Gasteiger partial charge in [-0.05, 0) is 60.0 Å². The zero-order chi connectivity index (χ0) is 28.1. The smallest absolute Gasteiger partial charge is 0.349 e. The fraction of sp³-hybridized carbons (Fsp3) is 0.125. The predicted octanol–water partition coefficient (Wildman–Crippen LogP) is 6.43. The summed E-state index contributed by atoms with van der Waals surface area (Å²) in [6.07, 6.45) is 0. The largest absolute Gasteiger partial charge is 0.489 e. The van der Waals surface area contributed by atoms with E-state index in [1.807, 2.05) is 61.5 Å². The van der Waals surface area contributed by atoms with Gasteiger partial charge in [-0.2, -0.15) is 5.26 Å². The second-order valence-corrected chi connectivity index (χ2v) is 9.58. The van der Waals surface area contributed by atoms with Crippen molar-refractivity contribution in [2.24, 2.45) is 5.73 Å². The molecule has 0 radical (unpaired) electrons. The molecule has 0 saturated heterocycles. The Bertz CT molecular complexity index is 1610. The van der Waals surface area contributed by atoms with Gasteiger partial charge in [0.15, 0.2) is 6.61 Å². The Hall–Kier alpha value is -4.93. The molecule has 0 spiro atoms. The van der Waals surface area contributed by atoms with Crippen LogP contribution in [0.1, 0.15) is 28.2 Å². The van der Waals surface area contributed by atoms with Crippen LogP contribution in [-0.4, -0.2) is 12.6 Å². The molecule has 2 N–H and O–H groups in total. The lowest BCUT2D eigenvalue weighted by Crippen LogP contribution is -2.21. The SMILES string of the molecule is Cc1cc(Cl)ccc1OCC(=O)Oc1ccc2c(c1)OC(N)=C(C#N)C2c1ccc(OCc2ccccc2)cc1. The summed E-state index contributed by atoms with van der Waals surface area (Å²) < 4.78 is 22.7. The Morgan fingerprint density at radius 3 is 2.45 bits per heavy atom. The zero-order valence-electron chi connectivity index (χ0n) is 21.6. The Morgan fingerprint density at radius 2 is 1.73 bits per heavy atom. The lowest BCUT2D eigenvalue weighted by molar-refractivity contribution is -0.136. The maximum Gasteiger partial charge on any atom is 0.349 e. The standard InChI is InChI=1S/C32H25ClN2O5/c1-20-15-23(33)9-14-28(20)38-19-30(36)39-25-12-13-26-29(16-25)40-32(35)27(17-34)31(26)22-7-10-24(11-8-22)37-18-21-5-3-2-4-6-21/h2-16,31H,18-19,35H2,1H3. The minimum absolute atomic E-state index is 0.00516. The Labute approximate surface area is 236 Å². The summed E-state index contributed by atoms with van der Waals surface area (Å²) in [6, 6.07) is 29.7. The number of nitrogens with two attached hydrogens (primary N) is 1. The van der Waals surface area contributed by atoms with Crippen molar-refractivity contribution >= 4 is 17.6 Å². The van der Waals surface area contributed by atoms with Crippen LogP contribution in [0.4, 0.5) is 0 Å². The summed E-state index contributed by atoms with van der Waals surface area (Å²) in [5, 5.41) is 10.4. The normalized spacial score (nSPS) is 14.0. The van der Waals surface area contributed by atoms with Crippen molar-refractivity contribution in [1.29, 1.82) is 5.26 Å². The van der Waals surface area contributed by atoms with E-state index in [2.05, 4.69) is 6.07 Å². The number of halogens is 1. The minimum atomic E-state index is -0.589. The van der Waals surface area contributed by atoms with Gasteiger partial charge in [-0.1, -0.05) is 60.1 Å². The Morgan fingerprint density at radius 1 is 0.975 bits per heavy atom. The molecule has 0 bridgehead atoms. The van der Waals surface area contributed by atoms with Gasteiger partial charge in [-0.25, -0.2) is 4.79 Å². The van der Waals surface area contributed by atoms with E-state index in [-0.39, 0.29) is 18.2 Å². The third-order valence-corrected chi connectivity index (χ3v) is 6.60. The molecule has 1 aliphatic heterocycles. The quantitative estimate of drug-likeness (QED) is 0.198. The van der Waals surface area contributed by atoms with Gasteiger partial charge >= 0.3 is 5.97 Å². The molecule has 4 aromatic carbocycles. The first-order valence-electron chi connectivity index (χ1n) is 12.5. The number of rotatable bonds is 8. The van der Waals surface area contributed by atoms with Crippen LogP contribution in [0.5, 0.6) is 23.0 Å². The van der Waals surface area contributed by atoms with Crippen LogP contribution in [-0.2, 0) is 11.4 Å². The van der Waals surface area contributed by atoms with Crippen molar-refractivity contribution in [1.82, 2.24) is 0 Å². The van der Waals surface area contributed by atoms with E-state index in [9.17, 15) is 10.1 Å². The number of hydrogen-bond acceptors (Lipinski definition) is 7. The van der Waals surface area contributed by atoms with Crippen LogP contribution >= 0.6 is 11.6 Å². The van der Waals surface area contributed by atoms with Gasteiger partial charge < -0.3 is 24.7 Å². The summed E-state index contributed by atoms with van der Waals surface area (Å²) in [6.45, 7) is 1.99. The molecule has 4 aromatic rings. The average Bonchev–Trinajstić information content (AvgIpc) is 2.95. The van der Waals surface area contributed by atoms with Crippen molar-refractivity contribution in [2.75, 3.05) is 6.61 Å². The molecule has 0 fully saturated rings. The van der Waals surface area contributed by atoms with E-state index in [1.54, 1.807) is 36.4 Å². The molecule has 0 aromatic heterocycles. The van der Waals surface area contributed by atoms with Crippen molar-refractivity contribution in [3.8, 4) is 29.1 Å². The predicted molar refractivity (Wildman–Crippen MR) is 150 cm³/mol. The van der Waals surface area contributed by atoms with E-state index >= 15 is 0 Å². The number of allylic oxidation sites excluding steroid dienone is 1. The van der Waals surface area contributed by atoms with Gasteiger partial charge in [0.25, 0.3) is 0 Å². The number of nitrogens with zero attached hydrogens (tertiary/aromatic N) is 1. The first kappa shape index (κ1) is 26.7. The van der Waals surface area contributed by atoms with E-state index in [4.69, 9.17) is 36.3 Å². The van der Waals surface area contributed by atoms with Crippen LogP contribution < -0.4 is 24.7 Å². The number of benzene rings is 4. The van der Waals surface area contributed by atoms with Crippen LogP contribution in [0.25, 0.3) is 0 Å². The molecule has 200 valence electrons. The number of nitriles is 1. The summed E-state index contributed by atoms with van der Waals surface area (Å²) >= 11 is 5.97. The molecule has 0 aliphatic carbocycles. The molecule has 5 rings (SSSR count). The molecule has 0 amide bonds. The highest BCUT2D eigenvalue weighted by Crippen LogP contribution is 2.43. The van der Waals surface area contributed by atoms with Crippen LogP contribution in [0.15, 0.2) is 102 Å². The summed E-state index contributed by atoms with van der Waals surface area (Å²) in [5.74, 6) is 0.841. The number of hydrogen-bond donors (Lipinski definition) is 1. The van der Waals surface area contributed by atoms with Crippen molar-refractivity contribution in [2.45, 2.75) is 19.4 Å². The molecule has 1 aliphatic rings. The molecule has 40 heavy (non-hydrogen) atoms. The third kappa shape index (κ3) is 6.04. The summed E-state index contributed by atoms with van der Waals surface area (Å²) in [4.78, 5) is 12.5. The molecular weight excluding hydrogens is 528 g/mol. The number of carbonyl (C=O) groups is 1. The number of ether oxygens (including phenoxy) is 4. The first-order valence-corrected chi connectivity index (χ1v) is 12.9. The first-order chi connectivity index (χ1) is 19.4. The summed E-state index contributed by atoms with van der Waals surface area (Å²) in [7, 11) is 0. The number of carbonyl (C=O) groups excluding carboxylic acids is 1. The molecule has 8 heteroatoms. The van der Waals surface area contributed by atoms with E-state index in [1.165, 1.54) is 0 Å². The van der Waals surface area contributed by atoms with Gasteiger partial charge in [0, 0.05) is 16.7 Å². The van der Waals surface area contributed by atoms with Crippen LogP contribution in [0, 0.1) is 18.3 Å². The van der Waals surface area contributed by atoms with Gasteiger partial charge in [0.05, 0.1) is 5.92 Å². The Kier molecular flexibility index (Phi) is 7.90. The molecule has 0 saturated carbocycles. The highest BCUT2D eigenvalue weighted by molar-refractivity contribution is 6.30. The second-order valence-electron chi connectivity index (χ2n) is 9.14. The van der Waals surface area contributed by atoms with E-state index in [0.29, 0.717) is 34.5 Å². The third-order valence-electron chi connectivity index (χ3n) is 6.37. The van der Waals surface area contributed by atoms with Crippen molar-refractivity contribution < 1.29 is 23.7 Å². The van der Waals surface area contributed by atoms with Gasteiger partial charge in [-0.3, -0.25) is 0 Å². The zero-order valence-corrected chi connectivity index (χ0v) is 22.4. The van der Waals surface area contributed by atoms with Crippen LogP contribution in [0.3, 0.4) is 0 Å². The highest BCUT2D eigenvalue weighted by Gasteiger charge is 2.31. The topological polar surface area (TPSA) is 104 Å². The lowest BCUT2D eigenvalue weighted by atomic mass is 9.83. The van der Waals surface area contributed by atoms with Crippen LogP contribution in [0.2, 0.25) is 5.02 Å². The fourth-order valence-corrected chi connectivity index (χ4v) is 4.64. The fourth-order valence-electron chi connectivity index (χ4n) is 4.41. The Balaban J connectivity index is 1.30. The molecular formula is C32H25ClN2O5. The number of aryl methyl sites for hydroxylation is 1.